The Hall–Kier alpha value is -1.89. The Morgan fingerprint density at radius 1 is 1.04 bits per heavy atom. The van der Waals surface area contributed by atoms with Crippen LogP contribution in [-0.4, -0.2) is 42.8 Å². The first-order valence-electron chi connectivity index (χ1n) is 8.27. The van der Waals surface area contributed by atoms with E-state index in [2.05, 4.69) is 9.80 Å². The molecule has 24 heavy (non-hydrogen) atoms. The first-order chi connectivity index (χ1) is 11.8. The van der Waals surface area contributed by atoms with Crippen LogP contribution in [0.2, 0.25) is 0 Å². The monoisotopic (exact) mass is 332 g/mol. The lowest BCUT2D eigenvalue weighted by Crippen LogP contribution is -2.45. The summed E-state index contributed by atoms with van der Waals surface area (Å²) in [7, 11) is 0. The van der Waals surface area contributed by atoms with Gasteiger partial charge in [-0.15, -0.1) is 0 Å². The van der Waals surface area contributed by atoms with Gasteiger partial charge in [0.15, 0.2) is 6.79 Å². The highest BCUT2D eigenvalue weighted by Gasteiger charge is 2.22. The van der Waals surface area contributed by atoms with Crippen molar-refractivity contribution in [3.8, 4) is 5.75 Å². The molecular formula is C18H21FN2O3. The third-order valence-corrected chi connectivity index (χ3v) is 4.57. The van der Waals surface area contributed by atoms with E-state index in [4.69, 9.17) is 13.9 Å². The van der Waals surface area contributed by atoms with Gasteiger partial charge >= 0.3 is 0 Å². The summed E-state index contributed by atoms with van der Waals surface area (Å²) in [5, 5.41) is 0. The van der Waals surface area contributed by atoms with E-state index in [0.29, 0.717) is 13.2 Å². The molecule has 0 atom stereocenters. The van der Waals surface area contributed by atoms with Crippen molar-refractivity contribution in [3.63, 3.8) is 0 Å². The van der Waals surface area contributed by atoms with Crippen LogP contribution in [0.15, 0.2) is 34.9 Å². The Kier molecular flexibility index (Phi) is 4.51. The minimum Gasteiger partial charge on any atom is -0.468 e. The van der Waals surface area contributed by atoms with Gasteiger partial charge in [0.1, 0.15) is 17.3 Å². The highest BCUT2D eigenvalue weighted by atomic mass is 19.1. The molecule has 0 aliphatic carbocycles. The largest absolute Gasteiger partial charge is 0.468 e. The highest BCUT2D eigenvalue weighted by Crippen LogP contribution is 2.30. The number of furan rings is 1. The first-order valence-corrected chi connectivity index (χ1v) is 8.27. The van der Waals surface area contributed by atoms with Gasteiger partial charge in [0.05, 0.1) is 19.4 Å². The third-order valence-electron chi connectivity index (χ3n) is 4.57. The third kappa shape index (κ3) is 3.45. The zero-order valence-corrected chi connectivity index (χ0v) is 13.5. The molecule has 0 N–H and O–H groups in total. The lowest BCUT2D eigenvalue weighted by molar-refractivity contribution is -0.0179. The number of piperazine rings is 1. The summed E-state index contributed by atoms with van der Waals surface area (Å²) in [4.78, 5) is 4.72. The number of hydrogen-bond acceptors (Lipinski definition) is 5. The molecular weight excluding hydrogens is 311 g/mol. The predicted molar refractivity (Wildman–Crippen MR) is 85.9 cm³/mol. The Morgan fingerprint density at radius 3 is 2.58 bits per heavy atom. The van der Waals surface area contributed by atoms with Crippen LogP contribution in [0.1, 0.15) is 16.9 Å². The maximum atomic E-state index is 13.8. The van der Waals surface area contributed by atoms with E-state index in [-0.39, 0.29) is 12.6 Å². The second-order valence-electron chi connectivity index (χ2n) is 6.30. The predicted octanol–water partition coefficient (Wildman–Crippen LogP) is 2.60. The second-order valence-corrected chi connectivity index (χ2v) is 6.30. The van der Waals surface area contributed by atoms with Crippen LogP contribution < -0.4 is 4.74 Å². The molecule has 2 aliphatic rings. The number of halogens is 1. The van der Waals surface area contributed by atoms with Gasteiger partial charge in [0.25, 0.3) is 0 Å². The van der Waals surface area contributed by atoms with Gasteiger partial charge in [-0.2, -0.15) is 0 Å². The molecule has 0 saturated carbocycles. The summed E-state index contributed by atoms with van der Waals surface area (Å²) < 4.78 is 30.1. The van der Waals surface area contributed by atoms with Crippen molar-refractivity contribution in [2.24, 2.45) is 0 Å². The molecule has 2 aromatic rings. The summed E-state index contributed by atoms with van der Waals surface area (Å²) in [6.07, 6.45) is 1.71. The quantitative estimate of drug-likeness (QED) is 0.860. The van der Waals surface area contributed by atoms with Gasteiger partial charge < -0.3 is 13.9 Å². The molecule has 0 amide bonds. The van der Waals surface area contributed by atoms with Crippen LogP contribution in [-0.2, 0) is 24.4 Å². The van der Waals surface area contributed by atoms with Crippen molar-refractivity contribution in [1.82, 2.24) is 9.80 Å². The molecule has 1 saturated heterocycles. The molecule has 0 radical (unpaired) electrons. The fourth-order valence-electron chi connectivity index (χ4n) is 3.34. The van der Waals surface area contributed by atoms with Gasteiger partial charge in [-0.05, 0) is 24.3 Å². The molecule has 128 valence electrons. The zero-order valence-electron chi connectivity index (χ0n) is 13.5. The summed E-state index contributed by atoms with van der Waals surface area (Å²) in [6.45, 7) is 6.04. The summed E-state index contributed by atoms with van der Waals surface area (Å²) in [5.41, 5.74) is 1.71. The van der Waals surface area contributed by atoms with Crippen LogP contribution >= 0.6 is 0 Å². The van der Waals surface area contributed by atoms with E-state index in [1.165, 1.54) is 6.07 Å². The van der Waals surface area contributed by atoms with Gasteiger partial charge in [-0.1, -0.05) is 0 Å². The van der Waals surface area contributed by atoms with Crippen LogP contribution in [0.25, 0.3) is 0 Å². The van der Waals surface area contributed by atoms with E-state index in [0.717, 1.165) is 55.4 Å². The number of rotatable bonds is 4. The molecule has 5 nitrogen and oxygen atoms in total. The normalized spacial score (nSPS) is 19.0. The lowest BCUT2D eigenvalue weighted by atomic mass is 10.1. The fourth-order valence-corrected chi connectivity index (χ4v) is 3.34. The van der Waals surface area contributed by atoms with E-state index < -0.39 is 0 Å². The maximum Gasteiger partial charge on any atom is 0.189 e. The van der Waals surface area contributed by atoms with E-state index >= 15 is 0 Å². The number of hydrogen-bond donors (Lipinski definition) is 0. The van der Waals surface area contributed by atoms with Gasteiger partial charge in [-0.25, -0.2) is 4.39 Å². The van der Waals surface area contributed by atoms with Crippen LogP contribution in [0.4, 0.5) is 4.39 Å². The average molecular weight is 332 g/mol. The topological polar surface area (TPSA) is 38.1 Å². The molecule has 1 aromatic carbocycles. The highest BCUT2D eigenvalue weighted by molar-refractivity contribution is 5.42. The summed E-state index contributed by atoms with van der Waals surface area (Å²) in [6, 6.07) is 7.01. The fraction of sp³-hybridized carbons (Fsp3) is 0.444. The molecule has 6 heteroatoms. The lowest BCUT2D eigenvalue weighted by Gasteiger charge is -2.34. The molecule has 3 heterocycles. The minimum atomic E-state index is -0.227. The molecule has 0 bridgehead atoms. The zero-order chi connectivity index (χ0) is 16.4. The van der Waals surface area contributed by atoms with Crippen LogP contribution in [0, 0.1) is 5.82 Å². The summed E-state index contributed by atoms with van der Waals surface area (Å²) in [5.74, 6) is 1.56. The molecule has 2 aliphatic heterocycles. The van der Waals surface area contributed by atoms with Crippen molar-refractivity contribution < 1.29 is 18.3 Å². The molecule has 1 fully saturated rings. The SMILES string of the molecule is Fc1cc2c(c(CN3CCN(Cc4ccco4)CC3)c1)OCOC2. The number of fused-ring (bicyclic) bond motifs is 1. The Morgan fingerprint density at radius 2 is 1.83 bits per heavy atom. The van der Waals surface area contributed by atoms with Gasteiger partial charge in [-0.3, -0.25) is 9.80 Å². The molecule has 4 rings (SSSR count). The van der Waals surface area contributed by atoms with Crippen LogP contribution in [0.5, 0.6) is 5.75 Å². The van der Waals surface area contributed by atoms with Crippen molar-refractivity contribution >= 4 is 0 Å². The molecule has 0 unspecified atom stereocenters. The number of ether oxygens (including phenoxy) is 2. The Bertz CT molecular complexity index is 682. The Labute approximate surface area is 140 Å². The first kappa shape index (κ1) is 15.6. The summed E-state index contributed by atoms with van der Waals surface area (Å²) >= 11 is 0. The second kappa shape index (κ2) is 6.93. The maximum absolute atomic E-state index is 13.8. The number of benzene rings is 1. The van der Waals surface area contributed by atoms with Crippen molar-refractivity contribution in [1.29, 1.82) is 0 Å². The smallest absolute Gasteiger partial charge is 0.189 e. The van der Waals surface area contributed by atoms with Crippen molar-refractivity contribution in [3.05, 3.63) is 53.2 Å². The van der Waals surface area contributed by atoms with Gasteiger partial charge in [0.2, 0.25) is 0 Å². The standard InChI is InChI=1S/C18H21FN2O3/c19-16-8-14(18-15(9-16)12-22-13-24-18)10-20-3-5-21(6-4-20)11-17-2-1-7-23-17/h1-2,7-9H,3-6,10-13H2. The van der Waals surface area contributed by atoms with Gasteiger partial charge in [0, 0.05) is 43.9 Å². The Balaban J connectivity index is 1.38. The van der Waals surface area contributed by atoms with E-state index in [9.17, 15) is 4.39 Å². The number of nitrogens with zero attached hydrogens (tertiary/aromatic N) is 2. The van der Waals surface area contributed by atoms with E-state index in [1.807, 2.05) is 12.1 Å². The molecule has 0 spiro atoms. The average Bonchev–Trinajstić information content (AvgIpc) is 3.09. The van der Waals surface area contributed by atoms with Crippen molar-refractivity contribution in [2.75, 3.05) is 33.0 Å². The van der Waals surface area contributed by atoms with Crippen LogP contribution in [0.3, 0.4) is 0 Å². The minimum absolute atomic E-state index is 0.227. The van der Waals surface area contributed by atoms with Crippen molar-refractivity contribution in [2.45, 2.75) is 19.7 Å². The molecule has 1 aromatic heterocycles. The van der Waals surface area contributed by atoms with E-state index in [1.54, 1.807) is 12.3 Å².